The molecule has 0 spiro atoms. The molecule has 7 heteroatoms. The first-order valence-electron chi connectivity index (χ1n) is 8.22. The fourth-order valence-electron chi connectivity index (χ4n) is 2.64. The van der Waals surface area contributed by atoms with Crippen molar-refractivity contribution in [3.63, 3.8) is 0 Å². The van der Waals surface area contributed by atoms with Crippen molar-refractivity contribution in [3.05, 3.63) is 64.6 Å². The molecule has 6 nitrogen and oxygen atoms in total. The largest absolute Gasteiger partial charge is 0.326 e. The van der Waals surface area contributed by atoms with Crippen LogP contribution in [0.25, 0.3) is 11.0 Å². The van der Waals surface area contributed by atoms with Crippen molar-refractivity contribution in [2.75, 3.05) is 16.8 Å². The number of nitriles is 1. The minimum absolute atomic E-state index is 0.0797. The molecule has 0 fully saturated rings. The Morgan fingerprint density at radius 3 is 2.73 bits per heavy atom. The molecule has 2 aromatic carbocycles. The number of aryl methyl sites for hydroxylation is 1. The first-order valence-corrected chi connectivity index (χ1v) is 9.38. The van der Waals surface area contributed by atoms with E-state index in [-0.39, 0.29) is 11.6 Å². The zero-order valence-electron chi connectivity index (χ0n) is 14.1. The summed E-state index contributed by atoms with van der Waals surface area (Å²) in [5.74, 6) is 1.05. The molecule has 132 valence electrons. The van der Waals surface area contributed by atoms with Gasteiger partial charge in [-0.1, -0.05) is 12.1 Å². The van der Waals surface area contributed by atoms with E-state index in [1.54, 1.807) is 28.8 Å². The van der Waals surface area contributed by atoms with Gasteiger partial charge in [0.15, 0.2) is 0 Å². The predicted octanol–water partition coefficient (Wildman–Crippen LogP) is 2.96. The summed E-state index contributed by atoms with van der Waals surface area (Å²) in [5.41, 5.74) is 2.88. The number of amides is 1. The van der Waals surface area contributed by atoms with Gasteiger partial charge < -0.3 is 10.3 Å². The van der Waals surface area contributed by atoms with Crippen LogP contribution < -0.4 is 11.0 Å². The lowest BCUT2D eigenvalue weighted by Gasteiger charge is -2.06. The number of fused-ring (bicyclic) bond motifs is 1. The van der Waals surface area contributed by atoms with Crippen molar-refractivity contribution in [2.45, 2.75) is 13.0 Å². The van der Waals surface area contributed by atoms with Gasteiger partial charge in [0, 0.05) is 12.2 Å². The molecule has 0 atom stereocenters. The van der Waals surface area contributed by atoms with Gasteiger partial charge in [0.05, 0.1) is 28.4 Å². The van der Waals surface area contributed by atoms with Crippen LogP contribution in [-0.2, 0) is 11.3 Å². The van der Waals surface area contributed by atoms with Crippen molar-refractivity contribution in [1.29, 1.82) is 5.26 Å². The van der Waals surface area contributed by atoms with E-state index < -0.39 is 0 Å². The molecule has 1 aromatic heterocycles. The van der Waals surface area contributed by atoms with Gasteiger partial charge in [-0.3, -0.25) is 9.36 Å². The third kappa shape index (κ3) is 4.35. The molecule has 1 amide bonds. The van der Waals surface area contributed by atoms with Crippen LogP contribution in [-0.4, -0.2) is 27.0 Å². The number of imidazole rings is 1. The molecular formula is C19H18N4O2S. The van der Waals surface area contributed by atoms with Crippen molar-refractivity contribution in [2.24, 2.45) is 0 Å². The molecule has 3 rings (SSSR count). The van der Waals surface area contributed by atoms with E-state index in [0.717, 1.165) is 23.2 Å². The Bertz CT molecular complexity index is 999. The van der Waals surface area contributed by atoms with Gasteiger partial charge >= 0.3 is 5.69 Å². The first kappa shape index (κ1) is 17.8. The zero-order chi connectivity index (χ0) is 18.4. The van der Waals surface area contributed by atoms with Crippen molar-refractivity contribution in [3.8, 4) is 6.07 Å². The molecule has 26 heavy (non-hydrogen) atoms. The first-order chi connectivity index (χ1) is 12.7. The van der Waals surface area contributed by atoms with E-state index >= 15 is 0 Å². The Labute approximate surface area is 154 Å². The number of nitrogens with zero attached hydrogens (tertiary/aromatic N) is 2. The van der Waals surface area contributed by atoms with Crippen LogP contribution in [0.2, 0.25) is 0 Å². The lowest BCUT2D eigenvalue weighted by atomic mass is 10.2. The Kier molecular flexibility index (Phi) is 5.77. The van der Waals surface area contributed by atoms with Gasteiger partial charge in [-0.05, 0) is 48.6 Å². The summed E-state index contributed by atoms with van der Waals surface area (Å²) >= 11 is 1.53. The molecule has 1 heterocycles. The van der Waals surface area contributed by atoms with E-state index in [1.807, 2.05) is 30.3 Å². The van der Waals surface area contributed by atoms with Crippen LogP contribution in [0, 0.1) is 11.3 Å². The third-order valence-electron chi connectivity index (χ3n) is 3.88. The highest BCUT2D eigenvalue weighted by Crippen LogP contribution is 2.12. The number of hydrogen-bond donors (Lipinski definition) is 2. The van der Waals surface area contributed by atoms with Crippen molar-refractivity contribution in [1.82, 2.24) is 9.55 Å². The maximum absolute atomic E-state index is 12.0. The summed E-state index contributed by atoms with van der Waals surface area (Å²) in [7, 11) is 0. The number of carbonyl (C=O) groups excluding carboxylic acids is 1. The monoisotopic (exact) mass is 366 g/mol. The van der Waals surface area contributed by atoms with E-state index in [0.29, 0.717) is 23.5 Å². The molecule has 0 radical (unpaired) electrons. The lowest BCUT2D eigenvalue weighted by Crippen LogP contribution is -2.17. The number of benzene rings is 2. The predicted molar refractivity (Wildman–Crippen MR) is 104 cm³/mol. The maximum atomic E-state index is 12.0. The average molecular weight is 366 g/mol. The molecule has 0 bridgehead atoms. The van der Waals surface area contributed by atoms with Crippen LogP contribution in [0.5, 0.6) is 0 Å². The third-order valence-corrected chi connectivity index (χ3v) is 4.93. The number of rotatable bonds is 7. The zero-order valence-corrected chi connectivity index (χ0v) is 14.9. The van der Waals surface area contributed by atoms with Crippen LogP contribution in [0.3, 0.4) is 0 Å². The molecule has 0 saturated carbocycles. The van der Waals surface area contributed by atoms with Crippen molar-refractivity contribution < 1.29 is 4.79 Å². The topological polar surface area (TPSA) is 90.7 Å². The molecule has 0 aliphatic rings. The van der Waals surface area contributed by atoms with E-state index in [1.165, 1.54) is 11.8 Å². The number of anilines is 1. The second-order valence-corrected chi connectivity index (χ2v) is 6.85. The molecule has 3 aromatic rings. The number of para-hydroxylation sites is 2. The van der Waals surface area contributed by atoms with Crippen LogP contribution in [0.15, 0.2) is 53.3 Å². The van der Waals surface area contributed by atoms with Crippen LogP contribution >= 0.6 is 11.8 Å². The molecular weight excluding hydrogens is 348 g/mol. The summed E-state index contributed by atoms with van der Waals surface area (Å²) in [6.45, 7) is 0.618. The number of H-pyrrole nitrogens is 1. The van der Waals surface area contributed by atoms with Gasteiger partial charge in [-0.2, -0.15) is 17.0 Å². The normalized spacial score (nSPS) is 10.6. The smallest absolute Gasteiger partial charge is 0.325 e. The Hall–Kier alpha value is -2.98. The second-order valence-electron chi connectivity index (χ2n) is 5.74. The molecule has 0 aliphatic heterocycles. The standard InChI is InChI=1S/C19H18N4O2S/c20-12-14-6-8-15(9-7-14)21-18(24)13-26-11-3-10-23-17-5-2-1-4-16(17)22-19(23)25/h1-2,4-9H,3,10-11,13H2,(H,21,24)(H,22,25). The van der Waals surface area contributed by atoms with Gasteiger partial charge in [0.25, 0.3) is 0 Å². The summed E-state index contributed by atoms with van der Waals surface area (Å²) in [6, 6.07) is 16.4. The number of aromatic amines is 1. The summed E-state index contributed by atoms with van der Waals surface area (Å²) in [5, 5.41) is 11.6. The second kappa shape index (κ2) is 8.41. The quantitative estimate of drug-likeness (QED) is 0.629. The highest BCUT2D eigenvalue weighted by atomic mass is 32.2. The lowest BCUT2D eigenvalue weighted by molar-refractivity contribution is -0.113. The highest BCUT2D eigenvalue weighted by molar-refractivity contribution is 7.99. The fraction of sp³-hybridized carbons (Fsp3) is 0.211. The SMILES string of the molecule is N#Cc1ccc(NC(=O)CSCCCn2c(=O)[nH]c3ccccc32)cc1. The minimum atomic E-state index is -0.102. The maximum Gasteiger partial charge on any atom is 0.326 e. The molecule has 2 N–H and O–H groups in total. The number of aromatic nitrogens is 2. The Balaban J connectivity index is 1.42. The fourth-order valence-corrected chi connectivity index (χ4v) is 3.38. The summed E-state index contributed by atoms with van der Waals surface area (Å²) in [6.07, 6.45) is 0.802. The van der Waals surface area contributed by atoms with E-state index in [2.05, 4.69) is 10.3 Å². The summed E-state index contributed by atoms with van der Waals surface area (Å²) in [4.78, 5) is 26.7. The number of nitrogens with one attached hydrogen (secondary N) is 2. The van der Waals surface area contributed by atoms with Gasteiger partial charge in [0.1, 0.15) is 0 Å². The van der Waals surface area contributed by atoms with Gasteiger partial charge in [-0.15, -0.1) is 0 Å². The number of thioether (sulfide) groups is 1. The van der Waals surface area contributed by atoms with Crippen molar-refractivity contribution >= 4 is 34.4 Å². The summed E-state index contributed by atoms with van der Waals surface area (Å²) < 4.78 is 1.73. The molecule has 0 unspecified atom stereocenters. The van der Waals surface area contributed by atoms with E-state index in [4.69, 9.17) is 5.26 Å². The molecule has 0 saturated heterocycles. The van der Waals surface area contributed by atoms with E-state index in [9.17, 15) is 9.59 Å². The van der Waals surface area contributed by atoms with Gasteiger partial charge in [0.2, 0.25) is 5.91 Å². The van der Waals surface area contributed by atoms with Gasteiger partial charge in [-0.25, -0.2) is 4.79 Å². The molecule has 0 aliphatic carbocycles. The minimum Gasteiger partial charge on any atom is -0.325 e. The Morgan fingerprint density at radius 1 is 1.19 bits per heavy atom. The van der Waals surface area contributed by atoms with Crippen LogP contribution in [0.4, 0.5) is 5.69 Å². The average Bonchev–Trinajstić information content (AvgIpc) is 2.97. The van der Waals surface area contributed by atoms with Crippen LogP contribution in [0.1, 0.15) is 12.0 Å². The number of carbonyl (C=O) groups is 1. The Morgan fingerprint density at radius 2 is 1.96 bits per heavy atom. The number of hydrogen-bond acceptors (Lipinski definition) is 4. The highest BCUT2D eigenvalue weighted by Gasteiger charge is 2.06.